The summed E-state index contributed by atoms with van der Waals surface area (Å²) in [7, 11) is 0. The van der Waals surface area contributed by atoms with Crippen LogP contribution in [-0.2, 0) is 0 Å². The van der Waals surface area contributed by atoms with Gasteiger partial charge in [0.1, 0.15) is 0 Å². The van der Waals surface area contributed by atoms with Crippen LogP contribution in [0.15, 0.2) is 255 Å². The van der Waals surface area contributed by atoms with Crippen molar-refractivity contribution in [3.63, 3.8) is 0 Å². The van der Waals surface area contributed by atoms with E-state index in [2.05, 4.69) is 264 Å². The van der Waals surface area contributed by atoms with Gasteiger partial charge in [-0.1, -0.05) is 206 Å². The molecule has 292 valence electrons. The molecule has 0 spiro atoms. The molecule has 0 aliphatic carbocycles. The predicted molar refractivity (Wildman–Crippen MR) is 263 cm³/mol. The highest BCUT2D eigenvalue weighted by atomic mass is 15.1. The average molecular weight is 791 g/mol. The molecule has 0 aliphatic heterocycles. The lowest BCUT2D eigenvalue weighted by molar-refractivity contribution is 1.18. The molecule has 2 nitrogen and oxygen atoms in total. The monoisotopic (exact) mass is 790 g/mol. The molecular weight excluding hydrogens is 749 g/mol. The number of para-hydroxylation sites is 1. The molecule has 0 saturated carbocycles. The van der Waals surface area contributed by atoms with Crippen molar-refractivity contribution in [2.45, 2.75) is 0 Å². The summed E-state index contributed by atoms with van der Waals surface area (Å²) in [5, 5.41) is 2.42. The van der Waals surface area contributed by atoms with E-state index in [-0.39, 0.29) is 0 Å². The second-order valence-corrected chi connectivity index (χ2v) is 15.7. The van der Waals surface area contributed by atoms with Crippen LogP contribution in [0.1, 0.15) is 0 Å². The quantitative estimate of drug-likeness (QED) is 0.141. The third-order valence-corrected chi connectivity index (χ3v) is 12.0. The fraction of sp³-hybridized carbons (Fsp3) is 0. The molecule has 62 heavy (non-hydrogen) atoms. The molecule has 0 N–H and O–H groups in total. The normalized spacial score (nSPS) is 11.2. The minimum Gasteiger partial charge on any atom is -0.310 e. The molecule has 0 unspecified atom stereocenters. The lowest BCUT2D eigenvalue weighted by Gasteiger charge is -2.29. The Hall–Kier alpha value is -8.20. The fourth-order valence-electron chi connectivity index (χ4n) is 9.00. The van der Waals surface area contributed by atoms with Crippen LogP contribution in [-0.4, -0.2) is 4.57 Å². The standard InChI is InChI=1S/C60H42N2/c1-6-18-43(19-7-1)46-30-34-51(35-31-46)61(59-41-50(45-22-10-3-11-23-45)32-37-53(59)47-24-12-4-13-25-47)52-36-38-55-54-28-16-17-29-57(54)62(60(55)42-52)58-39-33-49(44-20-8-2-9-21-44)40-56(58)48-26-14-5-15-27-48/h1-42H. The third kappa shape index (κ3) is 6.84. The molecule has 0 bridgehead atoms. The van der Waals surface area contributed by atoms with Crippen LogP contribution in [0.4, 0.5) is 17.1 Å². The Bertz CT molecular complexity index is 3300. The minimum atomic E-state index is 1.07. The van der Waals surface area contributed by atoms with Crippen LogP contribution in [0.5, 0.6) is 0 Å². The van der Waals surface area contributed by atoms with Gasteiger partial charge < -0.3 is 9.47 Å². The summed E-state index contributed by atoms with van der Waals surface area (Å²) < 4.78 is 2.47. The van der Waals surface area contributed by atoms with Gasteiger partial charge in [-0.15, -0.1) is 0 Å². The van der Waals surface area contributed by atoms with E-state index in [4.69, 9.17) is 0 Å². The van der Waals surface area contributed by atoms with E-state index < -0.39 is 0 Å². The minimum absolute atomic E-state index is 1.07. The molecule has 10 aromatic carbocycles. The van der Waals surface area contributed by atoms with Crippen LogP contribution >= 0.6 is 0 Å². The largest absolute Gasteiger partial charge is 0.310 e. The van der Waals surface area contributed by atoms with E-state index in [1.165, 1.54) is 55.2 Å². The second kappa shape index (κ2) is 16.1. The van der Waals surface area contributed by atoms with E-state index in [9.17, 15) is 0 Å². The molecule has 0 atom stereocenters. The third-order valence-electron chi connectivity index (χ3n) is 12.0. The van der Waals surface area contributed by atoms with Gasteiger partial charge in [-0.25, -0.2) is 0 Å². The predicted octanol–water partition coefficient (Wildman–Crippen LogP) is 16.6. The van der Waals surface area contributed by atoms with Crippen molar-refractivity contribution >= 4 is 38.9 Å². The zero-order valence-corrected chi connectivity index (χ0v) is 34.1. The molecule has 0 fully saturated rings. The van der Waals surface area contributed by atoms with Crippen molar-refractivity contribution < 1.29 is 0 Å². The van der Waals surface area contributed by atoms with Crippen LogP contribution in [0, 0.1) is 0 Å². The Kier molecular flexibility index (Phi) is 9.57. The SMILES string of the molecule is c1ccc(-c2ccc(N(c3ccc4c5ccccc5n(-c5ccc(-c6ccccc6)cc5-c5ccccc5)c4c3)c3cc(-c4ccccc4)ccc3-c3ccccc3)cc2)cc1. The maximum Gasteiger partial charge on any atom is 0.0562 e. The highest BCUT2D eigenvalue weighted by molar-refractivity contribution is 6.11. The number of fused-ring (bicyclic) bond motifs is 3. The van der Waals surface area contributed by atoms with Crippen molar-refractivity contribution in [3.05, 3.63) is 255 Å². The van der Waals surface area contributed by atoms with Gasteiger partial charge in [-0.3, -0.25) is 0 Å². The molecule has 0 saturated heterocycles. The van der Waals surface area contributed by atoms with Gasteiger partial charge in [0, 0.05) is 33.3 Å². The van der Waals surface area contributed by atoms with Crippen LogP contribution in [0.2, 0.25) is 0 Å². The summed E-state index contributed by atoms with van der Waals surface area (Å²) in [6.07, 6.45) is 0. The van der Waals surface area contributed by atoms with Gasteiger partial charge in [0.25, 0.3) is 0 Å². The van der Waals surface area contributed by atoms with Crippen molar-refractivity contribution in [2.24, 2.45) is 0 Å². The fourth-order valence-corrected chi connectivity index (χ4v) is 9.00. The smallest absolute Gasteiger partial charge is 0.0562 e. The summed E-state index contributed by atoms with van der Waals surface area (Å²) in [4.78, 5) is 2.45. The van der Waals surface area contributed by atoms with Gasteiger partial charge in [0.2, 0.25) is 0 Å². The number of hydrogen-bond acceptors (Lipinski definition) is 1. The zero-order chi connectivity index (χ0) is 41.2. The number of nitrogens with zero attached hydrogens (tertiary/aromatic N) is 2. The zero-order valence-electron chi connectivity index (χ0n) is 34.1. The van der Waals surface area contributed by atoms with Gasteiger partial charge in [-0.05, 0) is 93.0 Å². The Morgan fingerprint density at radius 3 is 1.31 bits per heavy atom. The molecule has 0 radical (unpaired) electrons. The first-order chi connectivity index (χ1) is 30.8. The summed E-state index contributed by atoms with van der Waals surface area (Å²) in [6.45, 7) is 0. The average Bonchev–Trinajstić information content (AvgIpc) is 3.69. The molecule has 1 heterocycles. The number of hydrogen-bond donors (Lipinski definition) is 0. The molecule has 11 rings (SSSR count). The van der Waals surface area contributed by atoms with Gasteiger partial charge in [-0.2, -0.15) is 0 Å². The first-order valence-corrected chi connectivity index (χ1v) is 21.3. The first-order valence-electron chi connectivity index (χ1n) is 21.3. The van der Waals surface area contributed by atoms with Gasteiger partial charge in [0.05, 0.1) is 22.4 Å². The first kappa shape index (κ1) is 36.8. The highest BCUT2D eigenvalue weighted by Gasteiger charge is 2.22. The van der Waals surface area contributed by atoms with E-state index in [0.29, 0.717) is 0 Å². The number of rotatable bonds is 9. The Labute approximate surface area is 362 Å². The highest BCUT2D eigenvalue weighted by Crippen LogP contribution is 2.46. The summed E-state index contributed by atoms with van der Waals surface area (Å²) >= 11 is 0. The van der Waals surface area contributed by atoms with Gasteiger partial charge >= 0.3 is 0 Å². The Balaban J connectivity index is 1.18. The van der Waals surface area contributed by atoms with Crippen molar-refractivity contribution in [2.75, 3.05) is 4.90 Å². The number of anilines is 3. The summed E-state index contributed by atoms with van der Waals surface area (Å²) in [5.41, 5.74) is 18.4. The van der Waals surface area contributed by atoms with E-state index in [0.717, 1.165) is 45.0 Å². The lowest BCUT2D eigenvalue weighted by Crippen LogP contribution is -2.12. The molecule has 0 aliphatic rings. The van der Waals surface area contributed by atoms with Crippen molar-refractivity contribution in [3.8, 4) is 61.3 Å². The second-order valence-electron chi connectivity index (χ2n) is 15.7. The number of benzene rings is 10. The maximum atomic E-state index is 2.47. The van der Waals surface area contributed by atoms with E-state index in [1.54, 1.807) is 0 Å². The van der Waals surface area contributed by atoms with E-state index in [1.807, 2.05) is 0 Å². The van der Waals surface area contributed by atoms with Crippen molar-refractivity contribution in [1.29, 1.82) is 0 Å². The summed E-state index contributed by atoms with van der Waals surface area (Å²) in [5.74, 6) is 0. The maximum absolute atomic E-state index is 2.47. The molecule has 1 aromatic heterocycles. The molecule has 0 amide bonds. The van der Waals surface area contributed by atoms with Crippen LogP contribution < -0.4 is 4.90 Å². The number of aromatic nitrogens is 1. The topological polar surface area (TPSA) is 8.17 Å². The molecule has 11 aromatic rings. The van der Waals surface area contributed by atoms with Gasteiger partial charge in [0.15, 0.2) is 0 Å². The molecule has 2 heteroatoms. The Morgan fingerprint density at radius 2 is 0.694 bits per heavy atom. The van der Waals surface area contributed by atoms with Crippen LogP contribution in [0.25, 0.3) is 83.1 Å². The molecular formula is C60H42N2. The van der Waals surface area contributed by atoms with Crippen molar-refractivity contribution in [1.82, 2.24) is 4.57 Å². The Morgan fingerprint density at radius 1 is 0.258 bits per heavy atom. The lowest BCUT2D eigenvalue weighted by atomic mass is 9.96. The van der Waals surface area contributed by atoms with E-state index >= 15 is 0 Å². The van der Waals surface area contributed by atoms with Crippen LogP contribution in [0.3, 0.4) is 0 Å². The summed E-state index contributed by atoms with van der Waals surface area (Å²) in [6, 6.07) is 92.2.